The van der Waals surface area contributed by atoms with Crippen molar-refractivity contribution >= 4 is 21.6 Å². The Morgan fingerprint density at radius 1 is 1.00 bits per heavy atom. The number of nitrogens with zero attached hydrogens (tertiary/aromatic N) is 1. The lowest BCUT2D eigenvalue weighted by Gasteiger charge is -2.19. The third-order valence-corrected chi connectivity index (χ3v) is 5.69. The SMILES string of the molecule is CN(C)S(=O)(=O)c1cccc(C(=O)Nc2ccc(C(C)(C)C)cc2)c1. The third-order valence-electron chi connectivity index (χ3n) is 3.88. The molecule has 5 nitrogen and oxygen atoms in total. The Morgan fingerprint density at radius 3 is 2.12 bits per heavy atom. The van der Waals surface area contributed by atoms with E-state index in [1.165, 1.54) is 31.8 Å². The molecule has 0 atom stereocenters. The van der Waals surface area contributed by atoms with Crippen LogP contribution in [0.25, 0.3) is 0 Å². The molecule has 25 heavy (non-hydrogen) atoms. The smallest absolute Gasteiger partial charge is 0.255 e. The first kappa shape index (κ1) is 19.1. The number of carbonyl (C=O) groups excluding carboxylic acids is 1. The molecule has 0 fully saturated rings. The Morgan fingerprint density at radius 2 is 1.60 bits per heavy atom. The van der Waals surface area contributed by atoms with Crippen LogP contribution >= 0.6 is 0 Å². The van der Waals surface area contributed by atoms with Gasteiger partial charge in [0, 0.05) is 25.3 Å². The average Bonchev–Trinajstić information content (AvgIpc) is 2.54. The van der Waals surface area contributed by atoms with E-state index < -0.39 is 10.0 Å². The lowest BCUT2D eigenvalue weighted by atomic mass is 9.87. The lowest BCUT2D eigenvalue weighted by molar-refractivity contribution is 0.102. The number of hydrogen-bond acceptors (Lipinski definition) is 3. The van der Waals surface area contributed by atoms with Gasteiger partial charge in [-0.25, -0.2) is 12.7 Å². The van der Waals surface area contributed by atoms with Gasteiger partial charge in [-0.2, -0.15) is 0 Å². The number of carbonyl (C=O) groups is 1. The Labute approximate surface area is 149 Å². The summed E-state index contributed by atoms with van der Waals surface area (Å²) < 4.78 is 25.5. The van der Waals surface area contributed by atoms with Gasteiger partial charge >= 0.3 is 0 Å². The molecular formula is C19H24N2O3S. The zero-order valence-corrected chi connectivity index (χ0v) is 16.0. The minimum Gasteiger partial charge on any atom is -0.322 e. The van der Waals surface area contributed by atoms with E-state index in [-0.39, 0.29) is 16.2 Å². The van der Waals surface area contributed by atoms with E-state index >= 15 is 0 Å². The zero-order chi connectivity index (χ0) is 18.8. The van der Waals surface area contributed by atoms with Crippen LogP contribution in [0.15, 0.2) is 53.4 Å². The molecule has 0 spiro atoms. The molecule has 0 aliphatic carbocycles. The van der Waals surface area contributed by atoms with Crippen molar-refractivity contribution in [3.8, 4) is 0 Å². The van der Waals surface area contributed by atoms with Crippen molar-refractivity contribution < 1.29 is 13.2 Å². The number of hydrogen-bond donors (Lipinski definition) is 1. The van der Waals surface area contributed by atoms with Crippen molar-refractivity contribution in [2.75, 3.05) is 19.4 Å². The second-order valence-corrected chi connectivity index (χ2v) is 9.25. The molecule has 0 aromatic heterocycles. The average molecular weight is 360 g/mol. The highest BCUT2D eigenvalue weighted by atomic mass is 32.2. The van der Waals surface area contributed by atoms with Crippen LogP contribution in [0.2, 0.25) is 0 Å². The highest BCUT2D eigenvalue weighted by Crippen LogP contribution is 2.24. The molecule has 1 amide bonds. The maximum absolute atomic E-state index is 12.4. The molecule has 0 bridgehead atoms. The van der Waals surface area contributed by atoms with Gasteiger partial charge in [0.1, 0.15) is 0 Å². The summed E-state index contributed by atoms with van der Waals surface area (Å²) in [4.78, 5) is 12.5. The van der Waals surface area contributed by atoms with Crippen molar-refractivity contribution in [1.82, 2.24) is 4.31 Å². The molecule has 0 saturated heterocycles. The molecule has 0 aliphatic rings. The molecule has 0 unspecified atom stereocenters. The van der Waals surface area contributed by atoms with Crippen molar-refractivity contribution in [3.05, 3.63) is 59.7 Å². The number of benzene rings is 2. The van der Waals surface area contributed by atoms with E-state index in [9.17, 15) is 13.2 Å². The highest BCUT2D eigenvalue weighted by Gasteiger charge is 2.19. The van der Waals surface area contributed by atoms with E-state index in [1.807, 2.05) is 24.3 Å². The number of amides is 1. The van der Waals surface area contributed by atoms with Gasteiger partial charge in [-0.1, -0.05) is 39.0 Å². The molecule has 1 N–H and O–H groups in total. The maximum Gasteiger partial charge on any atom is 0.255 e. The Balaban J connectivity index is 2.22. The third kappa shape index (κ3) is 4.46. The second-order valence-electron chi connectivity index (χ2n) is 7.10. The summed E-state index contributed by atoms with van der Waals surface area (Å²) in [7, 11) is -0.660. The van der Waals surface area contributed by atoms with E-state index in [0.717, 1.165) is 4.31 Å². The van der Waals surface area contributed by atoms with Crippen LogP contribution in [0.3, 0.4) is 0 Å². The predicted molar refractivity (Wildman–Crippen MR) is 100 cm³/mol. The summed E-state index contributed by atoms with van der Waals surface area (Å²) in [6.07, 6.45) is 0. The van der Waals surface area contributed by atoms with Crippen molar-refractivity contribution in [2.24, 2.45) is 0 Å². The van der Waals surface area contributed by atoms with E-state index in [0.29, 0.717) is 11.3 Å². The molecule has 0 radical (unpaired) electrons. The fourth-order valence-electron chi connectivity index (χ4n) is 2.27. The number of nitrogens with one attached hydrogen (secondary N) is 1. The number of rotatable bonds is 4. The van der Waals surface area contributed by atoms with Crippen LogP contribution in [-0.2, 0) is 15.4 Å². The minimum absolute atomic E-state index is 0.0391. The summed E-state index contributed by atoms with van der Waals surface area (Å²) in [5.41, 5.74) is 2.17. The molecule has 2 aromatic rings. The standard InChI is InChI=1S/C19H24N2O3S/c1-19(2,3)15-9-11-16(12-10-15)20-18(22)14-7-6-8-17(13-14)25(23,24)21(4)5/h6-13H,1-5H3,(H,20,22). The predicted octanol–water partition coefficient (Wildman–Crippen LogP) is 3.49. The summed E-state index contributed by atoms with van der Waals surface area (Å²) >= 11 is 0. The van der Waals surface area contributed by atoms with Gasteiger partial charge in [-0.05, 0) is 41.3 Å². The van der Waals surface area contributed by atoms with Gasteiger partial charge in [-0.15, -0.1) is 0 Å². The Kier molecular flexibility index (Phi) is 5.34. The monoisotopic (exact) mass is 360 g/mol. The molecule has 2 aromatic carbocycles. The van der Waals surface area contributed by atoms with Crippen LogP contribution in [0.4, 0.5) is 5.69 Å². The highest BCUT2D eigenvalue weighted by molar-refractivity contribution is 7.89. The van der Waals surface area contributed by atoms with Crippen molar-refractivity contribution in [3.63, 3.8) is 0 Å². The van der Waals surface area contributed by atoms with Gasteiger partial charge in [-0.3, -0.25) is 4.79 Å². The van der Waals surface area contributed by atoms with Gasteiger partial charge in [0.05, 0.1) is 4.90 Å². The quantitative estimate of drug-likeness (QED) is 0.908. The van der Waals surface area contributed by atoms with Crippen molar-refractivity contribution in [2.45, 2.75) is 31.1 Å². The molecule has 0 aliphatic heterocycles. The first-order chi connectivity index (χ1) is 11.5. The van der Waals surface area contributed by atoms with Gasteiger partial charge in [0.15, 0.2) is 0 Å². The van der Waals surface area contributed by atoms with Crippen LogP contribution in [0.1, 0.15) is 36.7 Å². The summed E-state index contributed by atoms with van der Waals surface area (Å²) in [6.45, 7) is 6.37. The first-order valence-electron chi connectivity index (χ1n) is 7.96. The van der Waals surface area contributed by atoms with Gasteiger partial charge < -0.3 is 5.32 Å². The molecule has 0 heterocycles. The molecule has 6 heteroatoms. The number of sulfonamides is 1. The topological polar surface area (TPSA) is 66.5 Å². The molecular weight excluding hydrogens is 336 g/mol. The van der Waals surface area contributed by atoms with E-state index in [2.05, 4.69) is 26.1 Å². The lowest BCUT2D eigenvalue weighted by Crippen LogP contribution is -2.22. The van der Waals surface area contributed by atoms with Crippen molar-refractivity contribution in [1.29, 1.82) is 0 Å². The first-order valence-corrected chi connectivity index (χ1v) is 9.40. The summed E-state index contributed by atoms with van der Waals surface area (Å²) in [5, 5.41) is 2.80. The Bertz CT molecular complexity index is 864. The fraction of sp³-hybridized carbons (Fsp3) is 0.316. The van der Waals surface area contributed by atoms with Crippen LogP contribution in [-0.4, -0.2) is 32.7 Å². The molecule has 0 saturated carbocycles. The maximum atomic E-state index is 12.4. The summed E-state index contributed by atoms with van der Waals surface area (Å²) in [5.74, 6) is -0.348. The molecule has 134 valence electrons. The second kappa shape index (κ2) is 6.98. The minimum atomic E-state index is -3.57. The zero-order valence-electron chi connectivity index (χ0n) is 15.2. The fourth-order valence-corrected chi connectivity index (χ4v) is 3.21. The van der Waals surface area contributed by atoms with Gasteiger partial charge in [0.2, 0.25) is 10.0 Å². The van der Waals surface area contributed by atoms with Crippen LogP contribution in [0, 0.1) is 0 Å². The van der Waals surface area contributed by atoms with E-state index in [1.54, 1.807) is 12.1 Å². The van der Waals surface area contributed by atoms with Crippen LogP contribution in [0.5, 0.6) is 0 Å². The Hall–Kier alpha value is -2.18. The largest absolute Gasteiger partial charge is 0.322 e. The molecule has 2 rings (SSSR count). The normalized spacial score (nSPS) is 12.2. The van der Waals surface area contributed by atoms with E-state index in [4.69, 9.17) is 0 Å². The summed E-state index contributed by atoms with van der Waals surface area (Å²) in [6, 6.07) is 13.7. The number of anilines is 1. The van der Waals surface area contributed by atoms with Gasteiger partial charge in [0.25, 0.3) is 5.91 Å². The van der Waals surface area contributed by atoms with Crippen LogP contribution < -0.4 is 5.32 Å².